The highest BCUT2D eigenvalue weighted by molar-refractivity contribution is 5.90. The molecule has 0 fully saturated rings. The Bertz CT molecular complexity index is 1000. The predicted molar refractivity (Wildman–Crippen MR) is 130 cm³/mol. The smallest absolute Gasteiger partial charge is 0.407 e. The van der Waals surface area contributed by atoms with Crippen LogP contribution in [-0.4, -0.2) is 55.7 Å². The number of ether oxygens (including phenoxy) is 2. The van der Waals surface area contributed by atoms with E-state index in [9.17, 15) is 14.4 Å². The van der Waals surface area contributed by atoms with Crippen LogP contribution in [0.25, 0.3) is 11.1 Å². The fourth-order valence-electron chi connectivity index (χ4n) is 4.64. The van der Waals surface area contributed by atoms with Gasteiger partial charge in [0.25, 0.3) is 0 Å². The van der Waals surface area contributed by atoms with Crippen LogP contribution in [0.1, 0.15) is 44.7 Å². The second-order valence-electron chi connectivity index (χ2n) is 9.35. The maximum atomic E-state index is 13.2. The molecule has 0 radical (unpaired) electrons. The third-order valence-electron chi connectivity index (χ3n) is 6.39. The minimum Gasteiger partial charge on any atom is -0.467 e. The van der Waals surface area contributed by atoms with Crippen molar-refractivity contribution in [2.24, 2.45) is 11.8 Å². The van der Waals surface area contributed by atoms with E-state index in [1.54, 1.807) is 7.05 Å². The summed E-state index contributed by atoms with van der Waals surface area (Å²) in [6.45, 7) is 7.51. The number of benzene rings is 2. The van der Waals surface area contributed by atoms with Crippen LogP contribution in [0.2, 0.25) is 0 Å². The first-order valence-corrected chi connectivity index (χ1v) is 11.6. The third kappa shape index (κ3) is 5.08. The second kappa shape index (κ2) is 10.7. The highest BCUT2D eigenvalue weighted by atomic mass is 16.5. The van der Waals surface area contributed by atoms with Crippen LogP contribution in [0.5, 0.6) is 0 Å². The van der Waals surface area contributed by atoms with E-state index >= 15 is 0 Å². The lowest BCUT2D eigenvalue weighted by Crippen LogP contribution is -2.55. The molecule has 1 aliphatic rings. The minimum absolute atomic E-state index is 0.0707. The summed E-state index contributed by atoms with van der Waals surface area (Å²) in [7, 11) is 2.85. The van der Waals surface area contributed by atoms with Gasteiger partial charge in [-0.3, -0.25) is 4.79 Å². The summed E-state index contributed by atoms with van der Waals surface area (Å²) in [5, 5.41) is 2.72. The minimum atomic E-state index is -0.841. The predicted octanol–water partition coefficient (Wildman–Crippen LogP) is 4.21. The van der Waals surface area contributed by atoms with E-state index in [-0.39, 0.29) is 30.3 Å². The summed E-state index contributed by atoms with van der Waals surface area (Å²) < 4.78 is 10.5. The molecule has 34 heavy (non-hydrogen) atoms. The number of likely N-dealkylation sites (N-methyl/N-ethyl adjacent to an activating group) is 1. The molecule has 0 saturated heterocycles. The van der Waals surface area contributed by atoms with E-state index < -0.39 is 24.1 Å². The van der Waals surface area contributed by atoms with Crippen LogP contribution >= 0.6 is 0 Å². The summed E-state index contributed by atoms with van der Waals surface area (Å²) in [4.78, 5) is 39.6. The van der Waals surface area contributed by atoms with E-state index in [2.05, 4.69) is 29.6 Å². The average molecular weight is 467 g/mol. The number of carbonyl (C=O) groups excluding carboxylic acids is 3. The Balaban J connectivity index is 1.70. The fourth-order valence-corrected chi connectivity index (χ4v) is 4.64. The van der Waals surface area contributed by atoms with Gasteiger partial charge in [-0.1, -0.05) is 76.2 Å². The molecule has 0 bridgehead atoms. The number of esters is 1. The molecular weight excluding hydrogens is 432 g/mol. The summed E-state index contributed by atoms with van der Waals surface area (Å²) in [5.74, 6) is -1.29. The van der Waals surface area contributed by atoms with Crippen LogP contribution in [0.4, 0.5) is 4.79 Å². The number of nitrogens with one attached hydrogen (secondary N) is 1. The second-order valence-corrected chi connectivity index (χ2v) is 9.35. The lowest BCUT2D eigenvalue weighted by molar-refractivity contribution is -0.154. The van der Waals surface area contributed by atoms with Gasteiger partial charge in [0, 0.05) is 13.0 Å². The highest BCUT2D eigenvalue weighted by Gasteiger charge is 2.36. The van der Waals surface area contributed by atoms with Gasteiger partial charge < -0.3 is 19.7 Å². The first kappa shape index (κ1) is 25.3. The summed E-state index contributed by atoms with van der Waals surface area (Å²) in [5.41, 5.74) is 4.52. The van der Waals surface area contributed by atoms with Crippen molar-refractivity contribution in [3.63, 3.8) is 0 Å². The van der Waals surface area contributed by atoms with Crippen molar-refractivity contribution >= 4 is 18.0 Å². The number of hydrogen-bond donors (Lipinski definition) is 1. The number of nitrogens with zero attached hydrogens (tertiary/aromatic N) is 1. The number of hydrogen-bond acceptors (Lipinski definition) is 5. The molecule has 1 aliphatic carbocycles. The molecule has 0 saturated carbocycles. The highest BCUT2D eigenvalue weighted by Crippen LogP contribution is 2.44. The van der Waals surface area contributed by atoms with Crippen molar-refractivity contribution in [2.45, 2.75) is 45.7 Å². The first-order chi connectivity index (χ1) is 16.2. The number of carbonyl (C=O) groups is 3. The van der Waals surface area contributed by atoms with Crippen LogP contribution in [0, 0.1) is 11.8 Å². The number of methoxy groups -OCH3 is 1. The molecule has 0 heterocycles. The zero-order valence-electron chi connectivity index (χ0n) is 20.7. The quantitative estimate of drug-likeness (QED) is 0.589. The van der Waals surface area contributed by atoms with E-state index in [0.717, 1.165) is 22.3 Å². The zero-order valence-corrected chi connectivity index (χ0v) is 20.7. The molecule has 0 aromatic heterocycles. The van der Waals surface area contributed by atoms with Crippen molar-refractivity contribution in [1.29, 1.82) is 0 Å². The topological polar surface area (TPSA) is 84.9 Å². The Morgan fingerprint density at radius 3 is 1.91 bits per heavy atom. The molecule has 2 aromatic rings. The van der Waals surface area contributed by atoms with Crippen molar-refractivity contribution < 1.29 is 23.9 Å². The van der Waals surface area contributed by atoms with Gasteiger partial charge in [-0.05, 0) is 34.1 Å². The molecule has 0 spiro atoms. The SMILES string of the molecule is COC(=O)[C@H](C(C)C)N(C)C(=O)[C@@H](NC(=O)OCC1c2ccccc2-c2ccccc21)C(C)C. The van der Waals surface area contributed by atoms with E-state index in [4.69, 9.17) is 9.47 Å². The normalized spacial score (nSPS) is 14.2. The molecule has 0 aliphatic heterocycles. The Kier molecular flexibility index (Phi) is 7.97. The molecule has 182 valence electrons. The van der Waals surface area contributed by atoms with Crippen molar-refractivity contribution in [1.82, 2.24) is 10.2 Å². The van der Waals surface area contributed by atoms with Gasteiger partial charge in [-0.25, -0.2) is 9.59 Å². The van der Waals surface area contributed by atoms with Crippen LogP contribution < -0.4 is 5.32 Å². The lowest BCUT2D eigenvalue weighted by Gasteiger charge is -2.33. The first-order valence-electron chi connectivity index (χ1n) is 11.6. The Labute approximate surface area is 201 Å². The largest absolute Gasteiger partial charge is 0.467 e. The number of alkyl carbamates (subject to hydrolysis) is 1. The van der Waals surface area contributed by atoms with Crippen molar-refractivity contribution in [3.8, 4) is 11.1 Å². The van der Waals surface area contributed by atoms with Gasteiger partial charge in [-0.15, -0.1) is 0 Å². The van der Waals surface area contributed by atoms with Gasteiger partial charge in [0.2, 0.25) is 5.91 Å². The van der Waals surface area contributed by atoms with Crippen molar-refractivity contribution in [2.75, 3.05) is 20.8 Å². The van der Waals surface area contributed by atoms with Gasteiger partial charge in [-0.2, -0.15) is 0 Å². The van der Waals surface area contributed by atoms with Gasteiger partial charge in [0.15, 0.2) is 0 Å². The van der Waals surface area contributed by atoms with Gasteiger partial charge >= 0.3 is 12.1 Å². The molecule has 7 nitrogen and oxygen atoms in total. The maximum absolute atomic E-state index is 13.2. The van der Waals surface area contributed by atoms with E-state index in [1.165, 1.54) is 12.0 Å². The molecule has 3 rings (SSSR count). The zero-order chi connectivity index (χ0) is 25.0. The molecular formula is C27H34N2O5. The molecule has 1 N–H and O–H groups in total. The lowest BCUT2D eigenvalue weighted by atomic mass is 9.98. The Morgan fingerprint density at radius 2 is 1.44 bits per heavy atom. The van der Waals surface area contributed by atoms with Crippen LogP contribution in [-0.2, 0) is 19.1 Å². The summed E-state index contributed by atoms with van der Waals surface area (Å²) in [6, 6.07) is 14.6. The number of fused-ring (bicyclic) bond motifs is 3. The van der Waals surface area contributed by atoms with Gasteiger partial charge in [0.05, 0.1) is 7.11 Å². The molecule has 7 heteroatoms. The van der Waals surface area contributed by atoms with Gasteiger partial charge in [0.1, 0.15) is 18.7 Å². The fraction of sp³-hybridized carbons (Fsp3) is 0.444. The summed E-state index contributed by atoms with van der Waals surface area (Å²) >= 11 is 0. The maximum Gasteiger partial charge on any atom is 0.407 e. The molecule has 2 atom stereocenters. The van der Waals surface area contributed by atoms with E-state index in [1.807, 2.05) is 52.0 Å². The standard InChI is InChI=1S/C27H34N2O5/c1-16(2)23(25(30)29(5)24(17(3)4)26(31)33-6)28-27(32)34-15-22-20-13-9-7-11-18(20)19-12-8-10-14-21(19)22/h7-14,16-17,22-24H,15H2,1-6H3,(H,28,32)/t23-,24-/m0/s1. The Morgan fingerprint density at radius 1 is 0.912 bits per heavy atom. The molecule has 2 amide bonds. The van der Waals surface area contributed by atoms with Crippen molar-refractivity contribution in [3.05, 3.63) is 59.7 Å². The average Bonchev–Trinajstić information content (AvgIpc) is 3.14. The molecule has 0 unspecified atom stereocenters. The van der Waals surface area contributed by atoms with E-state index in [0.29, 0.717) is 0 Å². The third-order valence-corrected chi connectivity index (χ3v) is 6.39. The summed E-state index contributed by atoms with van der Waals surface area (Å²) in [6.07, 6.45) is -0.665. The number of amides is 2. The Hall–Kier alpha value is -3.35. The monoisotopic (exact) mass is 466 g/mol. The molecule has 2 aromatic carbocycles. The van der Waals surface area contributed by atoms with Crippen LogP contribution in [0.3, 0.4) is 0 Å². The number of rotatable bonds is 8. The van der Waals surface area contributed by atoms with Crippen LogP contribution in [0.15, 0.2) is 48.5 Å².